The zero-order valence-corrected chi connectivity index (χ0v) is 13.0. The van der Waals surface area contributed by atoms with Crippen LogP contribution >= 0.6 is 0 Å². The Morgan fingerprint density at radius 3 is 2.31 bits per heavy atom. The van der Waals surface area contributed by atoms with Gasteiger partial charge in [-0.15, -0.1) is 0 Å². The number of ether oxygens (including phenoxy) is 1. The fourth-order valence-corrected chi connectivity index (χ4v) is 4.11. The monoisotopic (exact) mass is 243 g/mol. The van der Waals surface area contributed by atoms with Crippen LogP contribution in [0.5, 0.6) is 0 Å². The summed E-state index contributed by atoms with van der Waals surface area (Å²) in [6.07, 6.45) is 6.44. The summed E-state index contributed by atoms with van der Waals surface area (Å²) in [6, 6.07) is 0. The van der Waals surface area contributed by atoms with E-state index in [0.717, 1.165) is 6.42 Å². The van der Waals surface area contributed by atoms with Gasteiger partial charge in [0.25, 0.3) is 0 Å². The predicted octanol–water partition coefficient (Wildman–Crippen LogP) is 4.77. The molecule has 96 valence electrons. The van der Waals surface area contributed by atoms with Gasteiger partial charge in [-0.05, 0) is 11.5 Å². The molecule has 1 rings (SSSR count). The van der Waals surface area contributed by atoms with Crippen molar-refractivity contribution in [2.24, 2.45) is 0 Å². The average molecular weight is 243 g/mol. The zero-order valence-electron chi connectivity index (χ0n) is 13.0. The molecule has 2 atom stereocenters. The summed E-state index contributed by atoms with van der Waals surface area (Å²) < 4.78 is 14.4. The standard InChI is InChI=1S/C14H30OSi/c1-7-8-9-10-11-12-13(15-12)16(5,6)14(2,3)4/h12-13H,7-11H2,1-6H3/i13D. The molecule has 0 bridgehead atoms. The van der Waals surface area contributed by atoms with E-state index in [0.29, 0.717) is 0 Å². The molecule has 0 N–H and O–H groups in total. The van der Waals surface area contributed by atoms with Gasteiger partial charge in [0.1, 0.15) is 0 Å². The summed E-state index contributed by atoms with van der Waals surface area (Å²) in [5.74, 6) is 0. The van der Waals surface area contributed by atoms with Gasteiger partial charge in [0.05, 0.1) is 21.3 Å². The van der Waals surface area contributed by atoms with Gasteiger partial charge in [-0.3, -0.25) is 0 Å². The molecule has 2 heteroatoms. The third-order valence-electron chi connectivity index (χ3n) is 4.32. The molecule has 1 aliphatic rings. The largest absolute Gasteiger partial charge is 0.373 e. The van der Waals surface area contributed by atoms with Crippen LogP contribution in [0.3, 0.4) is 0 Å². The lowest BCUT2D eigenvalue weighted by molar-refractivity contribution is 0.375. The maximum atomic E-state index is 8.58. The minimum Gasteiger partial charge on any atom is -0.373 e. The summed E-state index contributed by atoms with van der Waals surface area (Å²) in [5.41, 5.74) is -0.516. The molecule has 1 fully saturated rings. The third kappa shape index (κ3) is 3.33. The van der Waals surface area contributed by atoms with Gasteiger partial charge >= 0.3 is 0 Å². The van der Waals surface area contributed by atoms with Gasteiger partial charge in [0.2, 0.25) is 0 Å². The summed E-state index contributed by atoms with van der Waals surface area (Å²) in [5, 5.41) is 0.243. The van der Waals surface area contributed by atoms with E-state index in [1.807, 2.05) is 0 Å². The Morgan fingerprint density at radius 1 is 1.19 bits per heavy atom. The Morgan fingerprint density at radius 2 is 1.81 bits per heavy atom. The molecule has 0 aromatic heterocycles. The second-order valence-electron chi connectivity index (χ2n) is 6.70. The van der Waals surface area contributed by atoms with Crippen molar-refractivity contribution in [3.8, 4) is 0 Å². The van der Waals surface area contributed by atoms with Crippen LogP contribution in [-0.4, -0.2) is 19.9 Å². The highest BCUT2D eigenvalue weighted by Crippen LogP contribution is 2.47. The van der Waals surface area contributed by atoms with E-state index in [9.17, 15) is 0 Å². The molecule has 0 amide bonds. The van der Waals surface area contributed by atoms with Crippen molar-refractivity contribution in [3.05, 3.63) is 0 Å². The quantitative estimate of drug-likeness (QED) is 0.372. The zero-order chi connectivity index (χ0) is 13.3. The number of epoxide rings is 1. The van der Waals surface area contributed by atoms with Crippen LogP contribution < -0.4 is 0 Å². The topological polar surface area (TPSA) is 12.5 Å². The molecule has 1 nitrogen and oxygen atoms in total. The maximum absolute atomic E-state index is 8.58. The lowest BCUT2D eigenvalue weighted by atomic mass is 10.1. The summed E-state index contributed by atoms with van der Waals surface area (Å²) in [4.78, 5) is 0. The van der Waals surface area contributed by atoms with Crippen LogP contribution in [0, 0.1) is 0 Å². The number of hydrogen-bond donors (Lipinski definition) is 0. The van der Waals surface area contributed by atoms with E-state index in [1.165, 1.54) is 25.7 Å². The maximum Gasteiger partial charge on any atom is 0.0902 e. The summed E-state index contributed by atoms with van der Waals surface area (Å²) in [7, 11) is -1.68. The summed E-state index contributed by atoms with van der Waals surface area (Å²) >= 11 is 0. The van der Waals surface area contributed by atoms with Gasteiger partial charge in [-0.25, -0.2) is 0 Å². The highest BCUT2D eigenvalue weighted by molar-refractivity contribution is 6.82. The first-order valence-electron chi connectivity index (χ1n) is 7.34. The van der Waals surface area contributed by atoms with Gasteiger partial charge in [0, 0.05) is 0 Å². The van der Waals surface area contributed by atoms with E-state index in [4.69, 9.17) is 6.11 Å². The third-order valence-corrected chi connectivity index (χ3v) is 9.74. The number of rotatable bonds is 6. The minimum atomic E-state index is -1.68. The Bertz CT molecular complexity index is 259. The molecule has 1 aliphatic heterocycles. The van der Waals surface area contributed by atoms with Crippen molar-refractivity contribution in [1.82, 2.24) is 0 Å². The van der Waals surface area contributed by atoms with Gasteiger partial charge < -0.3 is 4.74 Å². The average Bonchev–Trinajstić information content (AvgIpc) is 2.85. The molecule has 0 radical (unpaired) electrons. The minimum absolute atomic E-state index is 0.222. The molecular weight excluding hydrogens is 212 g/mol. The molecule has 0 spiro atoms. The second-order valence-corrected chi connectivity index (χ2v) is 11.9. The van der Waals surface area contributed by atoms with Crippen molar-refractivity contribution >= 4 is 8.07 Å². The number of unbranched alkanes of at least 4 members (excludes halogenated alkanes) is 3. The van der Waals surface area contributed by atoms with Gasteiger partial charge in [-0.1, -0.05) is 66.5 Å². The van der Waals surface area contributed by atoms with E-state index in [-0.39, 0.29) is 11.1 Å². The molecular formula is C14H30OSi. The lowest BCUT2D eigenvalue weighted by Gasteiger charge is -2.35. The Labute approximate surface area is 104 Å². The molecule has 2 unspecified atom stereocenters. The molecule has 1 heterocycles. The Balaban J connectivity index is 2.46. The highest BCUT2D eigenvalue weighted by atomic mass is 28.3. The highest BCUT2D eigenvalue weighted by Gasteiger charge is 2.55. The SMILES string of the molecule is [2H]C1([Si](C)(C)C(C)(C)C)OC1CCCCCC. The molecule has 1 saturated heterocycles. The normalized spacial score (nSPS) is 31.4. The molecule has 0 aromatic carbocycles. The first-order valence-corrected chi connectivity index (χ1v) is 9.84. The fourth-order valence-electron chi connectivity index (χ4n) is 1.99. The molecule has 16 heavy (non-hydrogen) atoms. The first-order chi connectivity index (χ1) is 7.67. The first kappa shape index (κ1) is 12.6. The Kier molecular flexibility index (Phi) is 4.12. The van der Waals surface area contributed by atoms with Crippen molar-refractivity contribution in [1.29, 1.82) is 0 Å². The van der Waals surface area contributed by atoms with Crippen LogP contribution in [0.25, 0.3) is 0 Å². The Hall–Kier alpha value is 0.177. The van der Waals surface area contributed by atoms with E-state index in [2.05, 4.69) is 40.8 Å². The van der Waals surface area contributed by atoms with E-state index >= 15 is 0 Å². The van der Waals surface area contributed by atoms with Gasteiger partial charge in [0.15, 0.2) is 0 Å². The molecule has 0 saturated carbocycles. The van der Waals surface area contributed by atoms with E-state index < -0.39 is 13.8 Å². The molecule has 0 aliphatic carbocycles. The van der Waals surface area contributed by atoms with Crippen LogP contribution in [0.15, 0.2) is 0 Å². The smallest absolute Gasteiger partial charge is 0.0902 e. The van der Waals surface area contributed by atoms with E-state index in [1.54, 1.807) is 0 Å². The summed E-state index contributed by atoms with van der Waals surface area (Å²) in [6.45, 7) is 13.7. The lowest BCUT2D eigenvalue weighted by Crippen LogP contribution is -2.44. The molecule has 0 aromatic rings. The van der Waals surface area contributed by atoms with Crippen LogP contribution in [0.1, 0.15) is 61.2 Å². The van der Waals surface area contributed by atoms with Gasteiger partial charge in [-0.2, -0.15) is 0 Å². The van der Waals surface area contributed by atoms with Crippen molar-refractivity contribution < 1.29 is 6.11 Å². The second kappa shape index (κ2) is 5.22. The predicted molar refractivity (Wildman–Crippen MR) is 74.6 cm³/mol. The number of hydrogen-bond acceptors (Lipinski definition) is 1. The van der Waals surface area contributed by atoms with Crippen LogP contribution in [0.2, 0.25) is 18.1 Å². The van der Waals surface area contributed by atoms with Crippen molar-refractivity contribution in [2.45, 2.75) is 89.7 Å². The van der Waals surface area contributed by atoms with Crippen LogP contribution in [-0.2, 0) is 4.74 Å². The van der Waals surface area contributed by atoms with Crippen molar-refractivity contribution in [2.75, 3.05) is 0 Å². The van der Waals surface area contributed by atoms with Crippen molar-refractivity contribution in [3.63, 3.8) is 0 Å². The fraction of sp³-hybridized carbons (Fsp3) is 1.00. The van der Waals surface area contributed by atoms with Crippen LogP contribution in [0.4, 0.5) is 0 Å².